The van der Waals surface area contributed by atoms with Crippen molar-refractivity contribution in [2.24, 2.45) is 5.73 Å². The predicted octanol–water partition coefficient (Wildman–Crippen LogP) is 3.21. The molecule has 1 amide bonds. The normalized spacial score (nSPS) is 11.3. The lowest BCUT2D eigenvalue weighted by Gasteiger charge is -2.25. The summed E-state index contributed by atoms with van der Waals surface area (Å²) in [7, 11) is 0. The number of pyridine rings is 1. The highest BCUT2D eigenvalue weighted by Crippen LogP contribution is 2.28. The van der Waals surface area contributed by atoms with Crippen molar-refractivity contribution in [1.82, 2.24) is 20.2 Å². The first-order valence-electron chi connectivity index (χ1n) is 8.42. The van der Waals surface area contributed by atoms with Gasteiger partial charge in [0.2, 0.25) is 11.9 Å². The molecular formula is C19H18ClFN6O. The van der Waals surface area contributed by atoms with Crippen LogP contribution in [0.25, 0.3) is 11.3 Å². The van der Waals surface area contributed by atoms with Crippen molar-refractivity contribution < 1.29 is 9.18 Å². The lowest BCUT2D eigenvalue weighted by Crippen LogP contribution is -2.29. The molecule has 0 saturated carbocycles. The van der Waals surface area contributed by atoms with Crippen LogP contribution >= 0.6 is 11.6 Å². The second-order valence-corrected chi connectivity index (χ2v) is 7.20. The van der Waals surface area contributed by atoms with Gasteiger partial charge in [-0.2, -0.15) is 0 Å². The first-order valence-corrected chi connectivity index (χ1v) is 8.80. The van der Waals surface area contributed by atoms with Gasteiger partial charge in [-0.05, 0) is 30.3 Å². The van der Waals surface area contributed by atoms with E-state index in [0.717, 1.165) is 11.8 Å². The molecule has 0 spiro atoms. The first kappa shape index (κ1) is 19.6. The fourth-order valence-electron chi connectivity index (χ4n) is 2.62. The molecule has 3 aromatic rings. The highest BCUT2D eigenvalue weighted by molar-refractivity contribution is 6.31. The summed E-state index contributed by atoms with van der Waals surface area (Å²) in [6.07, 6.45) is 3.06. The number of carbonyl (C=O) groups is 1. The third-order valence-corrected chi connectivity index (χ3v) is 4.48. The number of nitrogens with two attached hydrogens (primary N) is 1. The topological polar surface area (TPSA) is 107 Å². The summed E-state index contributed by atoms with van der Waals surface area (Å²) in [6.45, 7) is 4.43. The molecule has 9 heteroatoms. The van der Waals surface area contributed by atoms with Crippen LogP contribution in [-0.4, -0.2) is 32.6 Å². The zero-order chi connectivity index (χ0) is 20.3. The predicted molar refractivity (Wildman–Crippen MR) is 105 cm³/mol. The van der Waals surface area contributed by atoms with Gasteiger partial charge in [-0.1, -0.05) is 25.4 Å². The average molecular weight is 401 g/mol. The van der Waals surface area contributed by atoms with Crippen LogP contribution in [0, 0.1) is 5.82 Å². The summed E-state index contributed by atoms with van der Waals surface area (Å²) in [6, 6.07) is 7.34. The molecule has 0 unspecified atom stereocenters. The maximum atomic E-state index is 14.1. The number of anilines is 1. The molecule has 0 aliphatic heterocycles. The van der Waals surface area contributed by atoms with Crippen molar-refractivity contribution >= 4 is 23.5 Å². The zero-order valence-corrected chi connectivity index (χ0v) is 16.0. The molecule has 28 heavy (non-hydrogen) atoms. The van der Waals surface area contributed by atoms with Crippen LogP contribution in [0.1, 0.15) is 29.9 Å². The minimum atomic E-state index is -0.657. The highest BCUT2D eigenvalue weighted by atomic mass is 35.5. The number of nitrogens with one attached hydrogen (secondary N) is 1. The Bertz CT molecular complexity index is 1010. The summed E-state index contributed by atoms with van der Waals surface area (Å²) in [4.78, 5) is 19.8. The molecule has 0 bridgehead atoms. The lowest BCUT2D eigenvalue weighted by molar-refractivity contribution is 0.100. The number of halogens is 2. The van der Waals surface area contributed by atoms with Crippen molar-refractivity contribution in [3.05, 3.63) is 64.8 Å². The van der Waals surface area contributed by atoms with Gasteiger partial charge in [0.15, 0.2) is 0 Å². The summed E-state index contributed by atoms with van der Waals surface area (Å²) in [5.74, 6) is -0.932. The van der Waals surface area contributed by atoms with Crippen LogP contribution in [0.15, 0.2) is 42.7 Å². The fourth-order valence-corrected chi connectivity index (χ4v) is 3.00. The van der Waals surface area contributed by atoms with E-state index in [1.54, 1.807) is 18.3 Å². The molecule has 7 nitrogen and oxygen atoms in total. The largest absolute Gasteiger partial charge is 0.366 e. The quantitative estimate of drug-likeness (QED) is 0.658. The third-order valence-electron chi connectivity index (χ3n) is 4.18. The second kappa shape index (κ2) is 7.85. The summed E-state index contributed by atoms with van der Waals surface area (Å²) >= 11 is 6.23. The van der Waals surface area contributed by atoms with Crippen molar-refractivity contribution in [2.45, 2.75) is 19.3 Å². The zero-order valence-electron chi connectivity index (χ0n) is 15.3. The Kier molecular flexibility index (Phi) is 5.51. The van der Waals surface area contributed by atoms with Crippen LogP contribution < -0.4 is 11.1 Å². The van der Waals surface area contributed by atoms with Gasteiger partial charge in [-0.15, -0.1) is 10.2 Å². The molecule has 0 radical (unpaired) electrons. The Labute approximate surface area is 166 Å². The van der Waals surface area contributed by atoms with Crippen molar-refractivity contribution in [3.63, 3.8) is 0 Å². The van der Waals surface area contributed by atoms with Crippen molar-refractivity contribution in [2.75, 3.05) is 11.9 Å². The van der Waals surface area contributed by atoms with Crippen LogP contribution in [0.5, 0.6) is 0 Å². The van der Waals surface area contributed by atoms with Crippen LogP contribution in [0.3, 0.4) is 0 Å². The molecule has 1 aromatic carbocycles. The molecule has 3 rings (SSSR count). The molecular weight excluding hydrogens is 383 g/mol. The van der Waals surface area contributed by atoms with E-state index in [1.807, 2.05) is 13.8 Å². The standard InChI is InChI=1S/C19H18ClFN6O/c1-19(2,16-13(20)4-3-7-23-16)10-25-18-24-9-15(26-27-18)12-8-11(17(22)28)5-6-14(12)21/h3-9H,10H2,1-2H3,(H2,22,28)(H,24,25,27). The van der Waals surface area contributed by atoms with Crippen LogP contribution in [-0.2, 0) is 5.41 Å². The Balaban J connectivity index is 1.76. The number of amides is 1. The molecule has 0 fully saturated rings. The smallest absolute Gasteiger partial charge is 0.248 e. The Morgan fingerprint density at radius 2 is 2.04 bits per heavy atom. The minimum absolute atomic E-state index is 0.100. The van der Waals surface area contributed by atoms with E-state index in [2.05, 4.69) is 25.5 Å². The number of benzene rings is 1. The molecule has 2 aromatic heterocycles. The summed E-state index contributed by atoms with van der Waals surface area (Å²) in [5, 5.41) is 11.6. The highest BCUT2D eigenvalue weighted by Gasteiger charge is 2.25. The van der Waals surface area contributed by atoms with Gasteiger partial charge in [-0.3, -0.25) is 9.78 Å². The second-order valence-electron chi connectivity index (χ2n) is 6.80. The Hall–Kier alpha value is -3.13. The molecule has 3 N–H and O–H groups in total. The van der Waals surface area contributed by atoms with Gasteiger partial charge in [0.1, 0.15) is 11.5 Å². The van der Waals surface area contributed by atoms with Crippen molar-refractivity contribution in [1.29, 1.82) is 0 Å². The number of rotatable bonds is 6. The van der Waals surface area contributed by atoms with Gasteiger partial charge in [-0.25, -0.2) is 9.37 Å². The Morgan fingerprint density at radius 3 is 2.68 bits per heavy atom. The van der Waals surface area contributed by atoms with Gasteiger partial charge >= 0.3 is 0 Å². The third kappa shape index (κ3) is 4.23. The number of aromatic nitrogens is 4. The van der Waals surface area contributed by atoms with Gasteiger partial charge in [0.25, 0.3) is 0 Å². The number of primary amides is 1. The SMILES string of the molecule is CC(C)(CNc1ncc(-c2cc(C(N)=O)ccc2F)nn1)c1ncccc1Cl. The number of nitrogens with zero attached hydrogens (tertiary/aromatic N) is 4. The van der Waals surface area contributed by atoms with E-state index in [0.29, 0.717) is 11.6 Å². The molecule has 0 aliphatic carbocycles. The van der Waals surface area contributed by atoms with E-state index in [4.69, 9.17) is 17.3 Å². The summed E-state index contributed by atoms with van der Waals surface area (Å²) < 4.78 is 14.1. The van der Waals surface area contributed by atoms with E-state index in [1.165, 1.54) is 18.3 Å². The lowest BCUT2D eigenvalue weighted by atomic mass is 9.88. The first-order chi connectivity index (χ1) is 13.3. The molecule has 0 saturated heterocycles. The fraction of sp³-hybridized carbons (Fsp3) is 0.211. The van der Waals surface area contributed by atoms with Gasteiger partial charge in [0, 0.05) is 29.3 Å². The molecule has 0 atom stereocenters. The maximum absolute atomic E-state index is 14.1. The van der Waals surface area contributed by atoms with E-state index in [9.17, 15) is 9.18 Å². The number of hydrogen-bond acceptors (Lipinski definition) is 6. The maximum Gasteiger partial charge on any atom is 0.248 e. The number of hydrogen-bond donors (Lipinski definition) is 2. The van der Waals surface area contributed by atoms with E-state index >= 15 is 0 Å². The molecule has 2 heterocycles. The minimum Gasteiger partial charge on any atom is -0.366 e. The number of carbonyl (C=O) groups excluding carboxylic acids is 1. The van der Waals surface area contributed by atoms with Gasteiger partial charge in [0.05, 0.1) is 16.9 Å². The van der Waals surface area contributed by atoms with E-state index in [-0.39, 0.29) is 28.2 Å². The van der Waals surface area contributed by atoms with Crippen LogP contribution in [0.2, 0.25) is 5.02 Å². The van der Waals surface area contributed by atoms with Crippen molar-refractivity contribution in [3.8, 4) is 11.3 Å². The van der Waals surface area contributed by atoms with E-state index < -0.39 is 11.7 Å². The van der Waals surface area contributed by atoms with Crippen LogP contribution in [0.4, 0.5) is 10.3 Å². The summed E-state index contributed by atoms with van der Waals surface area (Å²) in [5.41, 5.74) is 6.07. The van der Waals surface area contributed by atoms with Gasteiger partial charge < -0.3 is 11.1 Å². The Morgan fingerprint density at radius 1 is 1.25 bits per heavy atom. The molecule has 144 valence electrons. The molecule has 0 aliphatic rings. The monoisotopic (exact) mass is 400 g/mol. The average Bonchev–Trinajstić information content (AvgIpc) is 2.67.